The maximum Gasteiger partial charge on any atom is 0.104 e. The maximum absolute atomic E-state index is 9.07. The number of benzene rings is 1. The smallest absolute Gasteiger partial charge is 0.104 e. The molecule has 0 aliphatic carbocycles. The molecule has 1 rings (SSSR count). The Kier molecular flexibility index (Phi) is 6.49. The number of hydrogen-bond acceptors (Lipinski definition) is 3. The second-order valence-electron chi connectivity index (χ2n) is 3.43. The van der Waals surface area contributed by atoms with Gasteiger partial charge in [0.25, 0.3) is 0 Å². The van der Waals surface area contributed by atoms with Crippen molar-refractivity contribution in [3.63, 3.8) is 0 Å². The zero-order chi connectivity index (χ0) is 11.6. The van der Waals surface area contributed by atoms with E-state index in [1.165, 1.54) is 0 Å². The van der Waals surface area contributed by atoms with E-state index in [1.807, 2.05) is 30.3 Å². The summed E-state index contributed by atoms with van der Waals surface area (Å²) in [6, 6.07) is 9.85. The lowest BCUT2D eigenvalue weighted by Crippen LogP contribution is -2.23. The fourth-order valence-corrected chi connectivity index (χ4v) is 1.22. The van der Waals surface area contributed by atoms with Crippen LogP contribution in [-0.2, 0) is 16.1 Å². The first-order valence-electron chi connectivity index (χ1n) is 5.32. The Morgan fingerprint density at radius 3 is 2.69 bits per heavy atom. The molecule has 1 aromatic carbocycles. The van der Waals surface area contributed by atoms with Gasteiger partial charge in [-0.3, -0.25) is 0 Å². The molecule has 0 aromatic heterocycles. The van der Waals surface area contributed by atoms with Gasteiger partial charge in [-0.05, 0) is 5.56 Å². The first-order valence-corrected chi connectivity index (χ1v) is 5.32. The van der Waals surface area contributed by atoms with Crippen LogP contribution in [-0.4, -0.2) is 31.0 Å². The van der Waals surface area contributed by atoms with Gasteiger partial charge >= 0.3 is 0 Å². The summed E-state index contributed by atoms with van der Waals surface area (Å²) in [5.74, 6) is 0. The molecule has 16 heavy (non-hydrogen) atoms. The van der Waals surface area contributed by atoms with E-state index in [9.17, 15) is 0 Å². The van der Waals surface area contributed by atoms with Gasteiger partial charge in [0.1, 0.15) is 6.10 Å². The van der Waals surface area contributed by atoms with E-state index >= 15 is 0 Å². The van der Waals surface area contributed by atoms with Crippen LogP contribution < -0.4 is 0 Å². The summed E-state index contributed by atoms with van der Waals surface area (Å²) >= 11 is 0. The van der Waals surface area contributed by atoms with Crippen LogP contribution in [0.1, 0.15) is 5.56 Å². The third kappa shape index (κ3) is 5.07. The van der Waals surface area contributed by atoms with E-state index in [2.05, 4.69) is 6.58 Å². The SMILES string of the molecule is C=CCOCC(CO)OCc1ccccc1. The highest BCUT2D eigenvalue weighted by molar-refractivity contribution is 5.13. The summed E-state index contributed by atoms with van der Waals surface area (Å²) in [7, 11) is 0. The fourth-order valence-electron chi connectivity index (χ4n) is 1.22. The van der Waals surface area contributed by atoms with Gasteiger partial charge in [0.2, 0.25) is 0 Å². The lowest BCUT2D eigenvalue weighted by Gasteiger charge is -2.15. The van der Waals surface area contributed by atoms with E-state index in [0.717, 1.165) is 5.56 Å². The van der Waals surface area contributed by atoms with Gasteiger partial charge in [0.15, 0.2) is 0 Å². The lowest BCUT2D eigenvalue weighted by molar-refractivity contribution is -0.0450. The summed E-state index contributed by atoms with van der Waals surface area (Å²) in [5, 5.41) is 9.07. The van der Waals surface area contributed by atoms with Crippen molar-refractivity contribution in [1.29, 1.82) is 0 Å². The molecule has 0 fully saturated rings. The highest BCUT2D eigenvalue weighted by Crippen LogP contribution is 2.03. The average Bonchev–Trinajstić information content (AvgIpc) is 2.35. The Bertz CT molecular complexity index is 284. The minimum atomic E-state index is -0.278. The van der Waals surface area contributed by atoms with Crippen molar-refractivity contribution in [2.75, 3.05) is 19.8 Å². The largest absolute Gasteiger partial charge is 0.394 e. The number of hydrogen-bond donors (Lipinski definition) is 1. The van der Waals surface area contributed by atoms with Crippen LogP contribution in [0.2, 0.25) is 0 Å². The van der Waals surface area contributed by atoms with Gasteiger partial charge in [-0.25, -0.2) is 0 Å². The van der Waals surface area contributed by atoms with Gasteiger partial charge in [-0.15, -0.1) is 6.58 Å². The fraction of sp³-hybridized carbons (Fsp3) is 0.385. The van der Waals surface area contributed by atoms with Gasteiger partial charge in [0, 0.05) is 0 Å². The summed E-state index contributed by atoms with van der Waals surface area (Å²) in [4.78, 5) is 0. The van der Waals surface area contributed by atoms with Crippen LogP contribution in [0.3, 0.4) is 0 Å². The Morgan fingerprint density at radius 1 is 1.31 bits per heavy atom. The van der Waals surface area contributed by atoms with Gasteiger partial charge in [-0.2, -0.15) is 0 Å². The number of rotatable bonds is 8. The Morgan fingerprint density at radius 2 is 2.06 bits per heavy atom. The van der Waals surface area contributed by atoms with Crippen LogP contribution in [0, 0.1) is 0 Å². The maximum atomic E-state index is 9.07. The molecule has 1 N–H and O–H groups in total. The number of aliphatic hydroxyl groups is 1. The zero-order valence-electron chi connectivity index (χ0n) is 9.34. The van der Waals surface area contributed by atoms with Crippen LogP contribution >= 0.6 is 0 Å². The molecule has 1 aromatic rings. The molecule has 0 bridgehead atoms. The van der Waals surface area contributed by atoms with Crippen LogP contribution in [0.4, 0.5) is 0 Å². The summed E-state index contributed by atoms with van der Waals surface area (Å²) in [6.45, 7) is 4.86. The number of ether oxygens (including phenoxy) is 2. The van der Waals surface area contributed by atoms with E-state index in [0.29, 0.717) is 19.8 Å². The molecule has 1 atom stereocenters. The normalized spacial score (nSPS) is 12.3. The first-order chi connectivity index (χ1) is 7.86. The first kappa shape index (κ1) is 12.9. The van der Waals surface area contributed by atoms with Crippen molar-refractivity contribution in [2.45, 2.75) is 12.7 Å². The third-order valence-electron chi connectivity index (χ3n) is 2.07. The van der Waals surface area contributed by atoms with Gasteiger partial charge in [0.05, 0.1) is 26.4 Å². The Balaban J connectivity index is 2.25. The van der Waals surface area contributed by atoms with Crippen molar-refractivity contribution in [3.8, 4) is 0 Å². The van der Waals surface area contributed by atoms with E-state index in [-0.39, 0.29) is 12.7 Å². The molecule has 88 valence electrons. The summed E-state index contributed by atoms with van der Waals surface area (Å²) < 4.78 is 10.7. The second kappa shape index (κ2) is 8.05. The molecular weight excluding hydrogens is 204 g/mol. The molecule has 0 aliphatic heterocycles. The van der Waals surface area contributed by atoms with Crippen molar-refractivity contribution in [3.05, 3.63) is 48.6 Å². The van der Waals surface area contributed by atoms with E-state index in [4.69, 9.17) is 14.6 Å². The molecule has 0 amide bonds. The average molecular weight is 222 g/mol. The lowest BCUT2D eigenvalue weighted by atomic mass is 10.2. The quantitative estimate of drug-likeness (QED) is 0.538. The molecule has 0 aliphatic rings. The minimum Gasteiger partial charge on any atom is -0.394 e. The predicted molar refractivity (Wildman–Crippen MR) is 63.1 cm³/mol. The molecule has 0 saturated heterocycles. The second-order valence-corrected chi connectivity index (χ2v) is 3.43. The molecule has 0 spiro atoms. The van der Waals surface area contributed by atoms with Gasteiger partial charge < -0.3 is 14.6 Å². The standard InChI is InChI=1S/C13H18O3/c1-2-8-15-11-13(9-14)16-10-12-6-4-3-5-7-12/h2-7,13-14H,1,8-11H2. The molecule has 0 saturated carbocycles. The topological polar surface area (TPSA) is 38.7 Å². The van der Waals surface area contributed by atoms with Crippen molar-refractivity contribution >= 4 is 0 Å². The molecule has 1 unspecified atom stereocenters. The Hall–Kier alpha value is -1.16. The van der Waals surface area contributed by atoms with Gasteiger partial charge in [-0.1, -0.05) is 36.4 Å². The van der Waals surface area contributed by atoms with Crippen molar-refractivity contribution in [2.24, 2.45) is 0 Å². The van der Waals surface area contributed by atoms with Crippen LogP contribution in [0.5, 0.6) is 0 Å². The highest BCUT2D eigenvalue weighted by atomic mass is 16.5. The van der Waals surface area contributed by atoms with E-state index in [1.54, 1.807) is 6.08 Å². The zero-order valence-corrected chi connectivity index (χ0v) is 9.34. The van der Waals surface area contributed by atoms with Crippen LogP contribution in [0.25, 0.3) is 0 Å². The van der Waals surface area contributed by atoms with E-state index < -0.39 is 0 Å². The summed E-state index contributed by atoms with van der Waals surface area (Å²) in [5.41, 5.74) is 1.09. The van der Waals surface area contributed by atoms with Crippen molar-refractivity contribution < 1.29 is 14.6 Å². The monoisotopic (exact) mass is 222 g/mol. The molecule has 3 nitrogen and oxygen atoms in total. The molecule has 3 heteroatoms. The van der Waals surface area contributed by atoms with Crippen molar-refractivity contribution in [1.82, 2.24) is 0 Å². The third-order valence-corrected chi connectivity index (χ3v) is 2.07. The molecular formula is C13H18O3. The molecule has 0 heterocycles. The Labute approximate surface area is 96.3 Å². The molecule has 0 radical (unpaired) electrons. The minimum absolute atomic E-state index is 0.0377. The predicted octanol–water partition coefficient (Wildman–Crippen LogP) is 1.77. The van der Waals surface area contributed by atoms with Crippen LogP contribution in [0.15, 0.2) is 43.0 Å². The highest BCUT2D eigenvalue weighted by Gasteiger charge is 2.07. The summed E-state index contributed by atoms with van der Waals surface area (Å²) in [6.07, 6.45) is 1.39. The number of aliphatic hydroxyl groups excluding tert-OH is 1.